The van der Waals surface area contributed by atoms with E-state index in [1.807, 2.05) is 0 Å². The van der Waals surface area contributed by atoms with E-state index in [2.05, 4.69) is 0 Å². The Bertz CT molecular complexity index is 600. The van der Waals surface area contributed by atoms with E-state index in [1.165, 1.54) is 13.8 Å². The summed E-state index contributed by atoms with van der Waals surface area (Å²) in [6.07, 6.45) is 0. The quantitative estimate of drug-likeness (QED) is 0.662. The molecule has 0 aliphatic carbocycles. The van der Waals surface area contributed by atoms with Gasteiger partial charge in [0.05, 0.1) is 4.92 Å². The first kappa shape index (κ1) is 16.5. The zero-order valence-corrected chi connectivity index (χ0v) is 11.8. The van der Waals surface area contributed by atoms with E-state index in [0.29, 0.717) is 0 Å². The number of carbonyl (C=O) groups is 2. The fourth-order valence-corrected chi connectivity index (χ4v) is 1.85. The van der Waals surface area contributed by atoms with Crippen LogP contribution in [0.15, 0.2) is 18.2 Å². The van der Waals surface area contributed by atoms with Crippen LogP contribution in [-0.2, 0) is 4.79 Å². The second-order valence-corrected chi connectivity index (χ2v) is 4.84. The Balaban J connectivity index is 3.21. The lowest BCUT2D eigenvalue weighted by molar-refractivity contribution is -0.387. The number of rotatable bonds is 5. The number of carboxylic acids is 1. The van der Waals surface area contributed by atoms with E-state index >= 15 is 0 Å². The molecule has 0 spiro atoms. The number of nitro groups is 1. The zero-order valence-electron chi connectivity index (χ0n) is 11.8. The van der Waals surface area contributed by atoms with Gasteiger partial charge in [-0.05, 0) is 32.9 Å². The van der Waals surface area contributed by atoms with E-state index in [4.69, 9.17) is 5.11 Å². The summed E-state index contributed by atoms with van der Waals surface area (Å²) in [7, 11) is 0. The zero-order chi connectivity index (χ0) is 16.4. The standard InChI is InChI=1S/C13H15FN2O5/c1-4-15(13(2,3)12(18)19)11(17)8-5-6-10(16(20)21)9(14)7-8/h5-7H,4H2,1-3H3,(H,18,19). The lowest BCUT2D eigenvalue weighted by atomic mass is 10.0. The monoisotopic (exact) mass is 298 g/mol. The van der Waals surface area contributed by atoms with Crippen LogP contribution in [0, 0.1) is 15.9 Å². The fraction of sp³-hybridized carbons (Fsp3) is 0.385. The van der Waals surface area contributed by atoms with Crippen molar-refractivity contribution in [1.82, 2.24) is 4.90 Å². The maximum atomic E-state index is 13.6. The fourth-order valence-electron chi connectivity index (χ4n) is 1.85. The number of hydrogen-bond donors (Lipinski definition) is 1. The molecule has 0 aliphatic heterocycles. The molecular weight excluding hydrogens is 283 g/mol. The molecule has 21 heavy (non-hydrogen) atoms. The highest BCUT2D eigenvalue weighted by Crippen LogP contribution is 2.22. The highest BCUT2D eigenvalue weighted by Gasteiger charge is 2.37. The molecular formula is C13H15FN2O5. The first-order valence-electron chi connectivity index (χ1n) is 6.12. The third kappa shape index (κ3) is 3.15. The molecule has 8 heteroatoms. The van der Waals surface area contributed by atoms with Crippen LogP contribution in [0.2, 0.25) is 0 Å². The van der Waals surface area contributed by atoms with Crippen LogP contribution in [0.4, 0.5) is 10.1 Å². The van der Waals surface area contributed by atoms with Crippen LogP contribution in [0.1, 0.15) is 31.1 Å². The lowest BCUT2D eigenvalue weighted by Crippen LogP contribution is -2.52. The van der Waals surface area contributed by atoms with E-state index < -0.39 is 33.8 Å². The van der Waals surface area contributed by atoms with Gasteiger partial charge in [-0.1, -0.05) is 0 Å². The number of carbonyl (C=O) groups excluding carboxylic acids is 1. The molecule has 7 nitrogen and oxygen atoms in total. The predicted octanol–water partition coefficient (Wildman–Crippen LogP) is 2.06. The summed E-state index contributed by atoms with van der Waals surface area (Å²) in [4.78, 5) is 34.2. The molecule has 0 atom stereocenters. The van der Waals surface area contributed by atoms with Crippen molar-refractivity contribution >= 4 is 17.6 Å². The number of carboxylic acid groups (broad SMARTS) is 1. The minimum atomic E-state index is -1.48. The molecule has 0 aromatic heterocycles. The summed E-state index contributed by atoms with van der Waals surface area (Å²) in [5, 5.41) is 19.7. The molecule has 0 saturated carbocycles. The van der Waals surface area contributed by atoms with Crippen molar-refractivity contribution in [2.75, 3.05) is 6.54 Å². The molecule has 0 radical (unpaired) electrons. The predicted molar refractivity (Wildman–Crippen MR) is 71.5 cm³/mol. The van der Waals surface area contributed by atoms with Gasteiger partial charge in [0.2, 0.25) is 5.82 Å². The van der Waals surface area contributed by atoms with Gasteiger partial charge in [0, 0.05) is 18.2 Å². The topological polar surface area (TPSA) is 101 Å². The number of nitro benzene ring substituents is 1. The Kier molecular flexibility index (Phi) is 4.62. The van der Waals surface area contributed by atoms with Crippen LogP contribution in [-0.4, -0.2) is 38.9 Å². The summed E-state index contributed by atoms with van der Waals surface area (Å²) in [6.45, 7) is 4.37. The van der Waals surface area contributed by atoms with E-state index in [-0.39, 0.29) is 12.1 Å². The van der Waals surface area contributed by atoms with Crippen LogP contribution in [0.25, 0.3) is 0 Å². The third-order valence-corrected chi connectivity index (χ3v) is 3.15. The highest BCUT2D eigenvalue weighted by atomic mass is 19.1. The van der Waals surface area contributed by atoms with Crippen LogP contribution >= 0.6 is 0 Å². The summed E-state index contributed by atoms with van der Waals surface area (Å²) in [5.74, 6) is -3.06. The van der Waals surface area contributed by atoms with Gasteiger partial charge in [0.25, 0.3) is 5.91 Å². The van der Waals surface area contributed by atoms with Gasteiger partial charge >= 0.3 is 11.7 Å². The van der Waals surface area contributed by atoms with Gasteiger partial charge < -0.3 is 10.0 Å². The molecule has 0 bridgehead atoms. The van der Waals surface area contributed by atoms with Crippen molar-refractivity contribution in [3.63, 3.8) is 0 Å². The van der Waals surface area contributed by atoms with Crippen molar-refractivity contribution < 1.29 is 24.0 Å². The molecule has 1 aromatic carbocycles. The summed E-state index contributed by atoms with van der Waals surface area (Å²) < 4.78 is 13.6. The van der Waals surface area contributed by atoms with Gasteiger partial charge in [0.1, 0.15) is 5.54 Å². The Labute approximate surface area is 120 Å². The lowest BCUT2D eigenvalue weighted by Gasteiger charge is -2.34. The number of aliphatic carboxylic acids is 1. The molecule has 1 aromatic rings. The Morgan fingerprint density at radius 1 is 1.43 bits per heavy atom. The van der Waals surface area contributed by atoms with Crippen molar-refractivity contribution in [1.29, 1.82) is 0 Å². The summed E-state index contributed by atoms with van der Waals surface area (Å²) >= 11 is 0. The molecule has 1 amide bonds. The van der Waals surface area contributed by atoms with Gasteiger partial charge in [-0.2, -0.15) is 4.39 Å². The summed E-state index contributed by atoms with van der Waals surface area (Å²) in [6, 6.07) is 2.72. The van der Waals surface area contributed by atoms with Gasteiger partial charge in [-0.3, -0.25) is 14.9 Å². The van der Waals surface area contributed by atoms with Crippen molar-refractivity contribution in [2.45, 2.75) is 26.3 Å². The SMILES string of the molecule is CCN(C(=O)c1ccc([N+](=O)[O-])c(F)c1)C(C)(C)C(=O)O. The second kappa shape index (κ2) is 5.86. The van der Waals surface area contributed by atoms with Crippen LogP contribution < -0.4 is 0 Å². The average molecular weight is 298 g/mol. The van der Waals surface area contributed by atoms with Gasteiger partial charge in [-0.25, -0.2) is 4.79 Å². The van der Waals surface area contributed by atoms with E-state index in [9.17, 15) is 24.1 Å². The Hall–Kier alpha value is -2.51. The normalized spacial score (nSPS) is 11.0. The largest absolute Gasteiger partial charge is 0.480 e. The number of nitrogens with zero attached hydrogens (tertiary/aromatic N) is 2. The molecule has 0 unspecified atom stereocenters. The first-order valence-corrected chi connectivity index (χ1v) is 6.12. The summed E-state index contributed by atoms with van der Waals surface area (Å²) in [5.41, 5.74) is -2.37. The highest BCUT2D eigenvalue weighted by molar-refractivity contribution is 5.97. The smallest absolute Gasteiger partial charge is 0.329 e. The maximum Gasteiger partial charge on any atom is 0.329 e. The molecule has 0 saturated heterocycles. The second-order valence-electron chi connectivity index (χ2n) is 4.84. The van der Waals surface area contributed by atoms with Crippen LogP contribution in [0.3, 0.4) is 0 Å². The van der Waals surface area contributed by atoms with Crippen molar-refractivity contribution in [3.05, 3.63) is 39.7 Å². The minimum Gasteiger partial charge on any atom is -0.480 e. The number of halogens is 1. The van der Waals surface area contributed by atoms with Crippen molar-refractivity contribution in [3.8, 4) is 0 Å². The number of hydrogen-bond acceptors (Lipinski definition) is 4. The van der Waals surface area contributed by atoms with E-state index in [0.717, 1.165) is 23.1 Å². The number of likely N-dealkylation sites (N-methyl/N-ethyl adjacent to an activating group) is 1. The average Bonchev–Trinajstić information content (AvgIpc) is 2.38. The van der Waals surface area contributed by atoms with Crippen LogP contribution in [0.5, 0.6) is 0 Å². The molecule has 1 N–H and O–H groups in total. The van der Waals surface area contributed by atoms with Gasteiger partial charge in [0.15, 0.2) is 0 Å². The number of amides is 1. The molecule has 0 aliphatic rings. The van der Waals surface area contributed by atoms with Crippen molar-refractivity contribution in [2.24, 2.45) is 0 Å². The first-order chi connectivity index (χ1) is 9.62. The van der Waals surface area contributed by atoms with E-state index in [1.54, 1.807) is 6.92 Å². The maximum absolute atomic E-state index is 13.6. The Morgan fingerprint density at radius 3 is 2.38 bits per heavy atom. The molecule has 0 heterocycles. The molecule has 1 rings (SSSR count). The Morgan fingerprint density at radius 2 is 2.00 bits per heavy atom. The third-order valence-electron chi connectivity index (χ3n) is 3.15. The molecule has 0 fully saturated rings. The minimum absolute atomic E-state index is 0.0940. The number of benzene rings is 1. The molecule has 114 valence electrons. The van der Waals surface area contributed by atoms with Gasteiger partial charge in [-0.15, -0.1) is 0 Å².